The molecule has 98 valence electrons. The third-order valence-corrected chi connectivity index (χ3v) is 4.03. The van der Waals surface area contributed by atoms with Crippen LogP contribution in [0.3, 0.4) is 0 Å². The van der Waals surface area contributed by atoms with Gasteiger partial charge < -0.3 is 15.1 Å². The van der Waals surface area contributed by atoms with Crippen LogP contribution >= 0.6 is 0 Å². The van der Waals surface area contributed by atoms with Crippen LogP contribution in [0.1, 0.15) is 31.2 Å². The fourth-order valence-corrected chi connectivity index (χ4v) is 3.32. The normalized spacial score (nSPS) is 30.8. The van der Waals surface area contributed by atoms with Crippen LogP contribution in [0.15, 0.2) is 12.3 Å². The molecule has 2 bridgehead atoms. The molecule has 3 rings (SSSR count). The van der Waals surface area contributed by atoms with Crippen molar-refractivity contribution in [3.05, 3.63) is 23.6 Å². The van der Waals surface area contributed by atoms with E-state index in [9.17, 15) is 14.6 Å². The van der Waals surface area contributed by atoms with Gasteiger partial charge in [0.1, 0.15) is 11.6 Å². The number of nitrogens with zero attached hydrogens (tertiary/aromatic N) is 2. The van der Waals surface area contributed by atoms with Crippen LogP contribution in [0.2, 0.25) is 0 Å². The molecule has 0 aliphatic carbocycles. The van der Waals surface area contributed by atoms with Gasteiger partial charge in [0.2, 0.25) is 0 Å². The van der Waals surface area contributed by atoms with E-state index in [1.165, 1.54) is 12.3 Å². The Bertz CT molecular complexity index is 441. The quantitative estimate of drug-likeness (QED) is 0.830. The minimum absolute atomic E-state index is 0.210. The van der Waals surface area contributed by atoms with Gasteiger partial charge in [-0.15, -0.1) is 0 Å². The first kappa shape index (κ1) is 11.9. The van der Waals surface area contributed by atoms with Gasteiger partial charge in [0.05, 0.1) is 18.9 Å². The molecule has 3 heterocycles. The van der Waals surface area contributed by atoms with Crippen molar-refractivity contribution in [2.45, 2.75) is 50.5 Å². The Morgan fingerprint density at radius 3 is 2.61 bits per heavy atom. The van der Waals surface area contributed by atoms with Crippen molar-refractivity contribution in [1.82, 2.24) is 4.98 Å². The van der Waals surface area contributed by atoms with Gasteiger partial charge >= 0.3 is 0 Å². The van der Waals surface area contributed by atoms with Gasteiger partial charge in [0.15, 0.2) is 0 Å². The van der Waals surface area contributed by atoms with Crippen molar-refractivity contribution in [3.8, 4) is 0 Å². The van der Waals surface area contributed by atoms with Crippen molar-refractivity contribution in [3.63, 3.8) is 0 Å². The smallest absolute Gasteiger partial charge is 0.142 e. The molecule has 2 unspecified atom stereocenters. The van der Waals surface area contributed by atoms with Gasteiger partial charge in [-0.25, -0.2) is 9.37 Å². The second-order valence-electron chi connectivity index (χ2n) is 5.21. The Kier molecular flexibility index (Phi) is 2.95. The molecule has 0 radical (unpaired) electrons. The van der Waals surface area contributed by atoms with Gasteiger partial charge in [0.25, 0.3) is 0 Å². The third kappa shape index (κ3) is 1.87. The first-order valence-corrected chi connectivity index (χ1v) is 6.40. The lowest BCUT2D eigenvalue weighted by molar-refractivity contribution is 0.125. The van der Waals surface area contributed by atoms with Crippen LogP contribution in [0.4, 0.5) is 10.2 Å². The van der Waals surface area contributed by atoms with E-state index in [1.54, 1.807) is 0 Å². The highest BCUT2D eigenvalue weighted by Crippen LogP contribution is 2.39. The first-order chi connectivity index (χ1) is 8.69. The Hall–Kier alpha value is -1.20. The predicted molar refractivity (Wildman–Crippen MR) is 64.6 cm³/mol. The highest BCUT2D eigenvalue weighted by molar-refractivity contribution is 5.50. The Morgan fingerprint density at radius 1 is 1.33 bits per heavy atom. The number of aliphatic hydroxyl groups is 2. The predicted octanol–water partition coefficient (Wildman–Crippen LogP) is 1.21. The molecule has 0 amide bonds. The molecule has 5 heteroatoms. The van der Waals surface area contributed by atoms with Crippen molar-refractivity contribution in [2.75, 3.05) is 4.90 Å². The first-order valence-electron chi connectivity index (χ1n) is 6.40. The van der Waals surface area contributed by atoms with Gasteiger partial charge in [-0.1, -0.05) is 0 Å². The molecule has 1 aromatic heterocycles. The maximum absolute atomic E-state index is 13.1. The Labute approximate surface area is 105 Å². The molecular formula is C13H17FN2O2. The van der Waals surface area contributed by atoms with Crippen molar-refractivity contribution in [2.24, 2.45) is 0 Å². The number of hydrogen-bond acceptors (Lipinski definition) is 4. The minimum Gasteiger partial charge on any atom is -0.393 e. The number of piperidine rings is 1. The molecular weight excluding hydrogens is 235 g/mol. The standard InChI is InChI=1S/C13H17FN2O2/c14-9-3-8(7-17)13(15-6-9)16-10-1-2-11(16)5-12(18)4-10/h3,6,10-12,17-18H,1-2,4-5,7H2. The van der Waals surface area contributed by atoms with E-state index in [0.717, 1.165) is 25.7 Å². The average Bonchev–Trinajstić information content (AvgIpc) is 2.62. The molecule has 0 spiro atoms. The molecule has 2 aliphatic heterocycles. The highest BCUT2D eigenvalue weighted by atomic mass is 19.1. The van der Waals surface area contributed by atoms with E-state index in [4.69, 9.17) is 0 Å². The zero-order valence-electron chi connectivity index (χ0n) is 10.1. The number of halogens is 1. The zero-order valence-corrected chi connectivity index (χ0v) is 10.1. The van der Waals surface area contributed by atoms with Crippen molar-refractivity contribution < 1.29 is 14.6 Å². The molecule has 1 aromatic rings. The number of rotatable bonds is 2. The lowest BCUT2D eigenvalue weighted by Gasteiger charge is -2.38. The summed E-state index contributed by atoms with van der Waals surface area (Å²) in [5.74, 6) is 0.255. The van der Waals surface area contributed by atoms with Crippen LogP contribution in [0, 0.1) is 5.82 Å². The summed E-state index contributed by atoms with van der Waals surface area (Å²) < 4.78 is 13.1. The number of aromatic nitrogens is 1. The fourth-order valence-electron chi connectivity index (χ4n) is 3.32. The Balaban J connectivity index is 1.96. The number of pyridine rings is 1. The second kappa shape index (κ2) is 4.48. The molecule has 2 saturated heterocycles. The lowest BCUT2D eigenvalue weighted by atomic mass is 9.99. The summed E-state index contributed by atoms with van der Waals surface area (Å²) in [6.45, 7) is -0.210. The molecule has 2 fully saturated rings. The van der Waals surface area contributed by atoms with Gasteiger partial charge in [-0.3, -0.25) is 0 Å². The van der Waals surface area contributed by atoms with Crippen LogP contribution in [-0.2, 0) is 6.61 Å². The summed E-state index contributed by atoms with van der Waals surface area (Å²) in [5.41, 5.74) is 0.531. The molecule has 18 heavy (non-hydrogen) atoms. The van der Waals surface area contributed by atoms with Crippen LogP contribution in [0.25, 0.3) is 0 Å². The van der Waals surface area contributed by atoms with Crippen LogP contribution < -0.4 is 4.90 Å². The second-order valence-corrected chi connectivity index (χ2v) is 5.21. The van der Waals surface area contributed by atoms with Crippen LogP contribution in [0.5, 0.6) is 0 Å². The molecule has 0 saturated carbocycles. The maximum atomic E-state index is 13.1. The average molecular weight is 252 g/mol. The molecule has 2 atom stereocenters. The van der Waals surface area contributed by atoms with E-state index in [2.05, 4.69) is 9.88 Å². The summed E-state index contributed by atoms with van der Waals surface area (Å²) in [6, 6.07) is 1.87. The van der Waals surface area contributed by atoms with Crippen molar-refractivity contribution >= 4 is 5.82 Å². The van der Waals surface area contributed by atoms with E-state index in [1.807, 2.05) is 0 Å². The number of aliphatic hydroxyl groups excluding tert-OH is 2. The topological polar surface area (TPSA) is 56.6 Å². The van der Waals surface area contributed by atoms with Crippen molar-refractivity contribution in [1.29, 1.82) is 0 Å². The number of hydrogen-bond donors (Lipinski definition) is 2. The maximum Gasteiger partial charge on any atom is 0.142 e. The summed E-state index contributed by atoms with van der Waals surface area (Å²) >= 11 is 0. The number of anilines is 1. The van der Waals surface area contributed by atoms with Crippen LogP contribution in [-0.4, -0.2) is 33.4 Å². The summed E-state index contributed by atoms with van der Waals surface area (Å²) in [6.07, 6.45) is 4.49. The minimum atomic E-state index is -0.424. The Morgan fingerprint density at radius 2 is 2.00 bits per heavy atom. The molecule has 2 aliphatic rings. The van der Waals surface area contributed by atoms with E-state index in [-0.39, 0.29) is 24.8 Å². The third-order valence-electron chi connectivity index (χ3n) is 4.03. The van der Waals surface area contributed by atoms with Gasteiger partial charge in [0, 0.05) is 17.6 Å². The SMILES string of the molecule is OCc1cc(F)cnc1N1C2CCC1CC(O)C2. The van der Waals surface area contributed by atoms with E-state index in [0.29, 0.717) is 11.4 Å². The monoisotopic (exact) mass is 252 g/mol. The zero-order chi connectivity index (χ0) is 12.7. The van der Waals surface area contributed by atoms with Gasteiger partial charge in [-0.2, -0.15) is 0 Å². The largest absolute Gasteiger partial charge is 0.393 e. The summed E-state index contributed by atoms with van der Waals surface area (Å²) in [4.78, 5) is 6.31. The summed E-state index contributed by atoms with van der Waals surface area (Å²) in [5, 5.41) is 19.1. The number of fused-ring (bicyclic) bond motifs is 2. The highest BCUT2D eigenvalue weighted by Gasteiger charge is 2.41. The molecule has 4 nitrogen and oxygen atoms in total. The molecule has 2 N–H and O–H groups in total. The fraction of sp³-hybridized carbons (Fsp3) is 0.615. The van der Waals surface area contributed by atoms with Gasteiger partial charge in [-0.05, 0) is 31.7 Å². The lowest BCUT2D eigenvalue weighted by Crippen LogP contribution is -2.45. The van der Waals surface area contributed by atoms with E-state index < -0.39 is 5.82 Å². The van der Waals surface area contributed by atoms with E-state index >= 15 is 0 Å². The summed E-state index contributed by atoms with van der Waals surface area (Å²) in [7, 11) is 0. The molecule has 0 aromatic carbocycles.